The number of phenols is 1. The zero-order valence-electron chi connectivity index (χ0n) is 6.69. The summed E-state index contributed by atoms with van der Waals surface area (Å²) in [6.45, 7) is 0. The molecule has 1 aromatic rings. The van der Waals surface area contributed by atoms with Gasteiger partial charge in [-0.3, -0.25) is 0 Å². The Morgan fingerprint density at radius 2 is 2.08 bits per heavy atom. The van der Waals surface area contributed by atoms with Crippen LogP contribution in [0.15, 0.2) is 23.1 Å². The Morgan fingerprint density at radius 1 is 1.46 bits per heavy atom. The quantitative estimate of drug-likeness (QED) is 0.735. The Balaban J connectivity index is 3.41. The number of ether oxygens (including phenoxy) is 1. The number of hydrogen-bond donors (Lipinski definition) is 1. The number of methoxy groups -OCH3 is 1. The summed E-state index contributed by atoms with van der Waals surface area (Å²) in [6.07, 6.45) is 0. The molecule has 0 aliphatic rings. The average Bonchev–Trinajstić information content (AvgIpc) is 2.02. The zero-order valence-corrected chi connectivity index (χ0v) is 7.51. The van der Waals surface area contributed by atoms with Crippen LogP contribution in [0, 0.1) is 0 Å². The molecule has 13 heavy (non-hydrogen) atoms. The summed E-state index contributed by atoms with van der Waals surface area (Å²) in [4.78, 5) is -0.785. The summed E-state index contributed by atoms with van der Waals surface area (Å²) in [6, 6.07) is 3.54. The second-order valence-corrected chi connectivity index (χ2v) is 3.56. The van der Waals surface area contributed by atoms with Crippen LogP contribution in [-0.4, -0.2) is 20.6 Å². The Labute approximate surface area is 74.8 Å². The summed E-state index contributed by atoms with van der Waals surface area (Å²) in [7, 11) is -3.66. The molecular formula is C7H7FO4S. The van der Waals surface area contributed by atoms with Crippen LogP contribution in [0.25, 0.3) is 0 Å². The second kappa shape index (κ2) is 3.21. The third-order valence-corrected chi connectivity index (χ3v) is 2.30. The van der Waals surface area contributed by atoms with Crippen LogP contribution in [0.2, 0.25) is 0 Å². The maximum atomic E-state index is 12.5. The molecule has 0 unspecified atom stereocenters. The van der Waals surface area contributed by atoms with Gasteiger partial charge in [0.05, 0.1) is 7.11 Å². The van der Waals surface area contributed by atoms with Crippen molar-refractivity contribution in [2.75, 3.05) is 7.11 Å². The van der Waals surface area contributed by atoms with E-state index in [1.807, 2.05) is 0 Å². The third kappa shape index (κ3) is 1.89. The lowest BCUT2D eigenvalue weighted by Gasteiger charge is -2.04. The van der Waals surface area contributed by atoms with Crippen molar-refractivity contribution in [3.05, 3.63) is 18.2 Å². The zero-order chi connectivity index (χ0) is 10.1. The molecule has 0 fully saturated rings. The van der Waals surface area contributed by atoms with Crippen LogP contribution in [0.1, 0.15) is 0 Å². The van der Waals surface area contributed by atoms with Gasteiger partial charge in [0.25, 0.3) is 0 Å². The average molecular weight is 206 g/mol. The summed E-state index contributed by atoms with van der Waals surface area (Å²) >= 11 is 0. The van der Waals surface area contributed by atoms with Gasteiger partial charge in [0.1, 0.15) is 4.90 Å². The van der Waals surface area contributed by atoms with E-state index in [-0.39, 0.29) is 5.75 Å². The molecule has 1 N–H and O–H groups in total. The first-order valence-electron chi connectivity index (χ1n) is 3.27. The van der Waals surface area contributed by atoms with Crippen molar-refractivity contribution in [2.24, 2.45) is 0 Å². The number of phenolic OH excluding ortho intramolecular Hbond substituents is 1. The molecule has 1 rings (SSSR count). The number of benzene rings is 1. The van der Waals surface area contributed by atoms with Gasteiger partial charge in [-0.05, 0) is 12.1 Å². The first kappa shape index (κ1) is 9.79. The van der Waals surface area contributed by atoms with Gasteiger partial charge in [0.15, 0.2) is 11.5 Å². The molecule has 0 aliphatic heterocycles. The van der Waals surface area contributed by atoms with Crippen LogP contribution in [0.5, 0.6) is 11.5 Å². The van der Waals surface area contributed by atoms with Crippen molar-refractivity contribution in [1.29, 1.82) is 0 Å². The van der Waals surface area contributed by atoms with Gasteiger partial charge in [-0.1, -0.05) is 6.07 Å². The van der Waals surface area contributed by atoms with E-state index in [0.29, 0.717) is 0 Å². The molecule has 0 amide bonds. The lowest BCUT2D eigenvalue weighted by atomic mass is 10.3. The molecule has 0 saturated carbocycles. The number of para-hydroxylation sites is 1. The highest BCUT2D eigenvalue weighted by Crippen LogP contribution is 2.33. The highest BCUT2D eigenvalue weighted by atomic mass is 32.3. The van der Waals surface area contributed by atoms with Crippen LogP contribution >= 0.6 is 0 Å². The smallest absolute Gasteiger partial charge is 0.335 e. The van der Waals surface area contributed by atoms with Crippen LogP contribution in [0.4, 0.5) is 3.89 Å². The fourth-order valence-electron chi connectivity index (χ4n) is 0.864. The van der Waals surface area contributed by atoms with E-state index in [4.69, 9.17) is 0 Å². The highest BCUT2D eigenvalue weighted by molar-refractivity contribution is 7.86. The molecule has 0 bridgehead atoms. The highest BCUT2D eigenvalue weighted by Gasteiger charge is 2.19. The van der Waals surface area contributed by atoms with E-state index in [1.54, 1.807) is 0 Å². The maximum Gasteiger partial charge on any atom is 0.335 e. The van der Waals surface area contributed by atoms with Crippen LogP contribution < -0.4 is 4.74 Å². The van der Waals surface area contributed by atoms with E-state index in [9.17, 15) is 17.4 Å². The molecular weight excluding hydrogens is 199 g/mol. The van der Waals surface area contributed by atoms with E-state index >= 15 is 0 Å². The van der Waals surface area contributed by atoms with Gasteiger partial charge in [-0.25, -0.2) is 0 Å². The number of aromatic hydroxyl groups is 1. The molecule has 0 radical (unpaired) electrons. The third-order valence-electron chi connectivity index (χ3n) is 1.44. The van der Waals surface area contributed by atoms with Crippen LogP contribution in [-0.2, 0) is 10.2 Å². The predicted molar refractivity (Wildman–Crippen MR) is 43.0 cm³/mol. The van der Waals surface area contributed by atoms with Gasteiger partial charge in [-0.2, -0.15) is 8.42 Å². The molecule has 4 nitrogen and oxygen atoms in total. The van der Waals surface area contributed by atoms with Crippen molar-refractivity contribution >= 4 is 10.2 Å². The fourth-order valence-corrected chi connectivity index (χ4v) is 1.44. The van der Waals surface area contributed by atoms with Gasteiger partial charge in [0, 0.05) is 0 Å². The van der Waals surface area contributed by atoms with Crippen molar-refractivity contribution in [2.45, 2.75) is 4.90 Å². The van der Waals surface area contributed by atoms with Crippen molar-refractivity contribution in [3.8, 4) is 11.5 Å². The molecule has 0 atom stereocenters. The number of hydrogen-bond acceptors (Lipinski definition) is 4. The van der Waals surface area contributed by atoms with Crippen LogP contribution in [0.3, 0.4) is 0 Å². The van der Waals surface area contributed by atoms with E-state index in [1.165, 1.54) is 19.2 Å². The van der Waals surface area contributed by atoms with Gasteiger partial charge >= 0.3 is 10.2 Å². The molecule has 0 aromatic heterocycles. The minimum absolute atomic E-state index is 0.0845. The minimum Gasteiger partial charge on any atom is -0.503 e. The Bertz CT molecular complexity index is 413. The van der Waals surface area contributed by atoms with Gasteiger partial charge in [0.2, 0.25) is 0 Å². The summed E-state index contributed by atoms with van der Waals surface area (Å²) in [5.41, 5.74) is 0. The van der Waals surface area contributed by atoms with Crippen molar-refractivity contribution in [3.63, 3.8) is 0 Å². The molecule has 0 saturated heterocycles. The molecule has 0 aliphatic carbocycles. The molecule has 6 heteroatoms. The summed E-state index contributed by atoms with van der Waals surface area (Å²) < 4.78 is 37.9. The Kier molecular flexibility index (Phi) is 2.42. The molecule has 72 valence electrons. The lowest BCUT2D eigenvalue weighted by Crippen LogP contribution is -1.94. The molecule has 1 aromatic carbocycles. The van der Waals surface area contributed by atoms with E-state index in [0.717, 1.165) is 6.07 Å². The normalized spacial score (nSPS) is 11.2. The first-order valence-corrected chi connectivity index (χ1v) is 4.66. The van der Waals surface area contributed by atoms with Gasteiger partial charge < -0.3 is 9.84 Å². The number of halogens is 1. The van der Waals surface area contributed by atoms with Crippen molar-refractivity contribution in [1.82, 2.24) is 0 Å². The standard InChI is InChI=1S/C7H7FO4S/c1-12-5-3-2-4-6(7(5)9)13(8,10)11/h2-4,9H,1H3. The SMILES string of the molecule is COc1cccc(S(=O)(=O)F)c1O. The lowest BCUT2D eigenvalue weighted by molar-refractivity contribution is 0.365. The number of rotatable bonds is 2. The largest absolute Gasteiger partial charge is 0.503 e. The Morgan fingerprint density at radius 3 is 2.54 bits per heavy atom. The summed E-state index contributed by atoms with van der Waals surface area (Å²) in [5, 5.41) is 9.18. The Hall–Kier alpha value is -1.30. The summed E-state index contributed by atoms with van der Waals surface area (Å²) in [5.74, 6) is -0.800. The molecule has 0 spiro atoms. The maximum absolute atomic E-state index is 12.5. The second-order valence-electron chi connectivity index (χ2n) is 2.24. The van der Waals surface area contributed by atoms with Gasteiger partial charge in [-0.15, -0.1) is 3.89 Å². The minimum atomic E-state index is -4.90. The van der Waals surface area contributed by atoms with E-state index in [2.05, 4.69) is 4.74 Å². The van der Waals surface area contributed by atoms with E-state index < -0.39 is 20.9 Å². The predicted octanol–water partition coefficient (Wildman–Crippen LogP) is 1.06. The molecule has 0 heterocycles. The fraction of sp³-hybridized carbons (Fsp3) is 0.143. The van der Waals surface area contributed by atoms with Crippen molar-refractivity contribution < 1.29 is 22.1 Å². The first-order chi connectivity index (χ1) is 5.96. The monoisotopic (exact) mass is 206 g/mol. The topological polar surface area (TPSA) is 63.6 Å².